The first-order chi connectivity index (χ1) is 32.1. The van der Waals surface area contributed by atoms with E-state index in [4.69, 9.17) is 0 Å². The molecule has 2 aliphatic carbocycles. The van der Waals surface area contributed by atoms with Gasteiger partial charge in [-0.3, -0.25) is 0 Å². The van der Waals surface area contributed by atoms with Crippen LogP contribution in [0.3, 0.4) is 0 Å². The maximum atomic E-state index is 2.83. The average molecular weight is 917 g/mol. The summed E-state index contributed by atoms with van der Waals surface area (Å²) < 4.78 is 2.83. The van der Waals surface area contributed by atoms with Crippen LogP contribution in [0.2, 0.25) is 0 Å². The lowest BCUT2D eigenvalue weighted by Gasteiger charge is -2.33. The lowest BCUT2D eigenvalue weighted by Crippen LogP contribution is -2.25. The van der Waals surface area contributed by atoms with E-state index in [2.05, 4.69) is 86.3 Å². The van der Waals surface area contributed by atoms with Crippen LogP contribution >= 0.6 is 22.7 Å². The molecule has 358 valence electrons. The Morgan fingerprint density at radius 2 is 0.662 bits per heavy atom. The molecule has 0 amide bonds. The predicted molar refractivity (Wildman–Crippen MR) is 293 cm³/mol. The van der Waals surface area contributed by atoms with Crippen molar-refractivity contribution in [3.8, 4) is 20.9 Å². The lowest BCUT2D eigenvalue weighted by atomic mass is 9.70. The van der Waals surface area contributed by atoms with Gasteiger partial charge in [-0.1, -0.05) is 221 Å². The van der Waals surface area contributed by atoms with Crippen LogP contribution in [0.15, 0.2) is 47.2 Å². The number of aromatic nitrogens is 1. The van der Waals surface area contributed by atoms with E-state index in [9.17, 15) is 0 Å². The van der Waals surface area contributed by atoms with Crippen molar-refractivity contribution in [2.24, 2.45) is 0 Å². The first kappa shape index (κ1) is 50.5. The Hall–Kier alpha value is -2.36. The second-order valence-corrected chi connectivity index (χ2v) is 23.1. The molecule has 2 aromatic carbocycles. The van der Waals surface area contributed by atoms with E-state index >= 15 is 0 Å². The number of hydrogen-bond donors (Lipinski definition) is 0. The third kappa shape index (κ3) is 11.6. The summed E-state index contributed by atoms with van der Waals surface area (Å²) in [5.74, 6) is 0. The van der Waals surface area contributed by atoms with Gasteiger partial charge in [-0.15, -0.1) is 22.7 Å². The predicted octanol–water partition coefficient (Wildman–Crippen LogP) is 21.8. The summed E-state index contributed by atoms with van der Waals surface area (Å²) in [6, 6.07) is 16.3. The highest BCUT2D eigenvalue weighted by Crippen LogP contribution is 2.60. The number of fused-ring (bicyclic) bond motifs is 9. The van der Waals surface area contributed by atoms with Gasteiger partial charge in [-0.05, 0) is 113 Å². The molecule has 0 fully saturated rings. The van der Waals surface area contributed by atoms with E-state index < -0.39 is 0 Å². The van der Waals surface area contributed by atoms with Crippen LogP contribution in [-0.2, 0) is 17.4 Å². The maximum Gasteiger partial charge on any atom is 0.0498 e. The SMILES string of the molecule is CCCCCCCCn1c2cc3c(cc2c2cc4c(cc21)-c1sccc1C4(CCCCCCCC)CCCCCCCC)C(CCCCCCCC)(CCCCCCCC)c1ccsc1-3. The summed E-state index contributed by atoms with van der Waals surface area (Å²) in [5, 5.41) is 8.00. The molecule has 65 heavy (non-hydrogen) atoms. The van der Waals surface area contributed by atoms with E-state index in [1.807, 2.05) is 22.7 Å². The molecular weight excluding hydrogens is 823 g/mol. The van der Waals surface area contributed by atoms with Crippen molar-refractivity contribution in [1.82, 2.24) is 4.57 Å². The average Bonchev–Trinajstić information content (AvgIpc) is 4.15. The van der Waals surface area contributed by atoms with Crippen molar-refractivity contribution in [1.29, 1.82) is 0 Å². The zero-order valence-corrected chi connectivity index (χ0v) is 44.3. The first-order valence-corrected chi connectivity index (χ1v) is 30.2. The Balaban J connectivity index is 1.34. The fourth-order valence-electron chi connectivity index (χ4n) is 12.9. The molecule has 7 rings (SSSR count). The molecule has 0 bridgehead atoms. The van der Waals surface area contributed by atoms with Crippen LogP contribution in [0.4, 0.5) is 0 Å². The molecule has 5 aromatic rings. The molecule has 0 radical (unpaired) electrons. The van der Waals surface area contributed by atoms with Crippen LogP contribution in [0.25, 0.3) is 42.7 Å². The summed E-state index contributed by atoms with van der Waals surface area (Å²) in [5.41, 5.74) is 13.2. The van der Waals surface area contributed by atoms with Gasteiger partial charge in [0, 0.05) is 48.9 Å². The van der Waals surface area contributed by atoms with Crippen molar-refractivity contribution < 1.29 is 0 Å². The minimum atomic E-state index is 0.141. The Labute approximate surface area is 407 Å². The number of unbranched alkanes of at least 4 members (excludes halogenated alkanes) is 25. The second kappa shape index (κ2) is 25.8. The summed E-state index contributed by atoms with van der Waals surface area (Å²) in [6.07, 6.45) is 46.2. The molecule has 3 heterocycles. The number of thiophene rings is 2. The first-order valence-electron chi connectivity index (χ1n) is 28.4. The van der Waals surface area contributed by atoms with Crippen molar-refractivity contribution in [2.45, 2.75) is 270 Å². The third-order valence-electron chi connectivity index (χ3n) is 16.6. The van der Waals surface area contributed by atoms with Crippen molar-refractivity contribution in [3.63, 3.8) is 0 Å². The van der Waals surface area contributed by atoms with Gasteiger partial charge in [-0.2, -0.15) is 0 Å². The van der Waals surface area contributed by atoms with Crippen LogP contribution in [-0.4, -0.2) is 4.57 Å². The number of nitrogens with zero attached hydrogens (tertiary/aromatic N) is 1. The zero-order chi connectivity index (χ0) is 45.3. The van der Waals surface area contributed by atoms with E-state index in [-0.39, 0.29) is 10.8 Å². The van der Waals surface area contributed by atoms with Crippen LogP contribution in [0.1, 0.15) is 275 Å². The molecule has 0 saturated carbocycles. The largest absolute Gasteiger partial charge is 0.340 e. The molecule has 0 atom stereocenters. The van der Waals surface area contributed by atoms with Gasteiger partial charge >= 0.3 is 0 Å². The van der Waals surface area contributed by atoms with Gasteiger partial charge in [0.05, 0.1) is 0 Å². The smallest absolute Gasteiger partial charge is 0.0498 e. The molecular formula is C62H93NS2. The highest BCUT2D eigenvalue weighted by atomic mass is 32.1. The monoisotopic (exact) mass is 916 g/mol. The van der Waals surface area contributed by atoms with Gasteiger partial charge < -0.3 is 4.57 Å². The van der Waals surface area contributed by atoms with Gasteiger partial charge in [0.2, 0.25) is 0 Å². The molecule has 2 aliphatic rings. The Bertz CT molecular complexity index is 1980. The van der Waals surface area contributed by atoms with Crippen LogP contribution in [0.5, 0.6) is 0 Å². The highest BCUT2D eigenvalue weighted by Gasteiger charge is 2.45. The quantitative estimate of drug-likeness (QED) is 0.0357. The standard InChI is InChI=1S/C62H93NS2/c1-6-11-16-21-26-31-38-61(39-32-27-22-17-12-7-2)53-36-43-64-59(53)51-47-57-49(45-55(51)61)50-46-56-52(48-58(50)63(57)42-35-30-25-20-15-10-5)60-54(37-44-65-60)62(56,40-33-28-23-18-13-8-3)41-34-29-24-19-14-9-4/h36-37,43-48H,6-35,38-42H2,1-5H3. The summed E-state index contributed by atoms with van der Waals surface area (Å²) in [6.45, 7) is 12.9. The van der Waals surface area contributed by atoms with Gasteiger partial charge in [-0.25, -0.2) is 0 Å². The van der Waals surface area contributed by atoms with Gasteiger partial charge in [0.15, 0.2) is 0 Å². The number of hydrogen-bond acceptors (Lipinski definition) is 2. The van der Waals surface area contributed by atoms with E-state index in [0.717, 1.165) is 6.54 Å². The zero-order valence-electron chi connectivity index (χ0n) is 42.6. The normalized spacial score (nSPS) is 14.5. The number of rotatable bonds is 35. The molecule has 0 aliphatic heterocycles. The highest BCUT2D eigenvalue weighted by molar-refractivity contribution is 7.14. The molecule has 0 N–H and O–H groups in total. The summed E-state index contributed by atoms with van der Waals surface area (Å²) in [4.78, 5) is 3.19. The third-order valence-corrected chi connectivity index (χ3v) is 18.5. The second-order valence-electron chi connectivity index (χ2n) is 21.3. The Morgan fingerprint density at radius 3 is 1.00 bits per heavy atom. The number of aryl methyl sites for hydroxylation is 1. The van der Waals surface area contributed by atoms with Crippen molar-refractivity contribution in [3.05, 3.63) is 69.4 Å². The van der Waals surface area contributed by atoms with E-state index in [1.54, 1.807) is 53.9 Å². The fourth-order valence-corrected chi connectivity index (χ4v) is 14.9. The Morgan fingerprint density at radius 1 is 0.354 bits per heavy atom. The van der Waals surface area contributed by atoms with Crippen LogP contribution in [0, 0.1) is 0 Å². The van der Waals surface area contributed by atoms with E-state index in [0.29, 0.717) is 0 Å². The molecule has 0 saturated heterocycles. The molecule has 3 aromatic heterocycles. The van der Waals surface area contributed by atoms with Crippen LogP contribution < -0.4 is 0 Å². The maximum absolute atomic E-state index is 2.83. The van der Waals surface area contributed by atoms with Gasteiger partial charge in [0.25, 0.3) is 0 Å². The molecule has 1 nitrogen and oxygen atoms in total. The topological polar surface area (TPSA) is 4.93 Å². The Kier molecular flexibility index (Phi) is 20.1. The lowest BCUT2D eigenvalue weighted by molar-refractivity contribution is 0.398. The molecule has 0 spiro atoms. The number of benzene rings is 2. The summed E-state index contributed by atoms with van der Waals surface area (Å²) >= 11 is 4.08. The molecule has 3 heteroatoms. The molecule has 0 unspecified atom stereocenters. The minimum Gasteiger partial charge on any atom is -0.340 e. The van der Waals surface area contributed by atoms with E-state index in [1.165, 1.54) is 229 Å². The van der Waals surface area contributed by atoms with Gasteiger partial charge in [0.1, 0.15) is 0 Å². The fraction of sp³-hybridized carbons (Fsp3) is 0.677. The van der Waals surface area contributed by atoms with Crippen molar-refractivity contribution in [2.75, 3.05) is 0 Å². The van der Waals surface area contributed by atoms with Crippen molar-refractivity contribution >= 4 is 44.5 Å². The minimum absolute atomic E-state index is 0.141. The summed E-state index contributed by atoms with van der Waals surface area (Å²) in [7, 11) is 0.